The van der Waals surface area contributed by atoms with Crippen LogP contribution in [0.4, 0.5) is 11.4 Å². The van der Waals surface area contributed by atoms with Crippen LogP contribution in [0.15, 0.2) is 70.6 Å². The molecule has 0 bridgehead atoms. The van der Waals surface area contributed by atoms with E-state index in [1.54, 1.807) is 11.1 Å². The minimum atomic E-state index is -0.106. The Morgan fingerprint density at radius 3 is 2.52 bits per heavy atom. The van der Waals surface area contributed by atoms with Crippen molar-refractivity contribution in [3.63, 3.8) is 0 Å². The van der Waals surface area contributed by atoms with Crippen molar-refractivity contribution >= 4 is 50.9 Å². The Bertz CT molecular complexity index is 1020. The zero-order chi connectivity index (χ0) is 20.2. The number of amides is 2. The van der Waals surface area contributed by atoms with Gasteiger partial charge in [0.1, 0.15) is 0 Å². The third kappa shape index (κ3) is 4.71. The molecule has 0 atom stereocenters. The number of imidazole rings is 1. The molecule has 3 aromatic rings. The number of benzene rings is 2. The number of hydrogen-bond acceptors (Lipinski definition) is 4. The van der Waals surface area contributed by atoms with Crippen LogP contribution in [0, 0.1) is 0 Å². The lowest BCUT2D eigenvalue weighted by molar-refractivity contribution is -0.117. The molecule has 1 aliphatic rings. The first-order valence-electron chi connectivity index (χ1n) is 9.22. The van der Waals surface area contributed by atoms with Crippen LogP contribution in [0.2, 0.25) is 0 Å². The quantitative estimate of drug-likeness (QED) is 0.538. The van der Waals surface area contributed by atoms with Gasteiger partial charge in [0.25, 0.3) is 0 Å². The molecular formula is C21H19BrN4O2S. The predicted molar refractivity (Wildman–Crippen MR) is 119 cm³/mol. The molecule has 1 fully saturated rings. The molecule has 0 spiro atoms. The summed E-state index contributed by atoms with van der Waals surface area (Å²) in [7, 11) is 0. The molecule has 2 aromatic carbocycles. The van der Waals surface area contributed by atoms with Crippen molar-refractivity contribution < 1.29 is 9.59 Å². The van der Waals surface area contributed by atoms with Crippen molar-refractivity contribution in [3.05, 3.63) is 65.4 Å². The highest BCUT2D eigenvalue weighted by Crippen LogP contribution is 2.24. The number of hydrogen-bond donors (Lipinski definition) is 1. The van der Waals surface area contributed by atoms with E-state index in [1.165, 1.54) is 11.8 Å². The van der Waals surface area contributed by atoms with E-state index in [9.17, 15) is 9.59 Å². The normalized spacial score (nSPS) is 13.7. The molecule has 1 aromatic heterocycles. The summed E-state index contributed by atoms with van der Waals surface area (Å²) >= 11 is 4.81. The molecule has 2 amide bonds. The van der Waals surface area contributed by atoms with Gasteiger partial charge in [-0.2, -0.15) is 0 Å². The van der Waals surface area contributed by atoms with Gasteiger partial charge in [0.15, 0.2) is 5.16 Å². The second-order valence-electron chi connectivity index (χ2n) is 6.59. The second-order valence-corrected chi connectivity index (χ2v) is 8.45. The molecule has 1 N–H and O–H groups in total. The lowest BCUT2D eigenvalue weighted by atomic mass is 10.2. The van der Waals surface area contributed by atoms with Crippen molar-refractivity contribution in [3.8, 4) is 5.69 Å². The molecule has 8 heteroatoms. The number of nitrogens with one attached hydrogen (secondary N) is 1. The summed E-state index contributed by atoms with van der Waals surface area (Å²) in [6.45, 7) is 0.756. The number of carbonyl (C=O) groups excluding carboxylic acids is 2. The summed E-state index contributed by atoms with van der Waals surface area (Å²) in [6, 6.07) is 15.3. The molecule has 0 radical (unpaired) electrons. The molecule has 2 heterocycles. The largest absolute Gasteiger partial charge is 0.325 e. The molecule has 4 rings (SSSR count). The van der Waals surface area contributed by atoms with E-state index in [2.05, 4.69) is 26.2 Å². The number of thioether (sulfide) groups is 1. The molecule has 1 saturated heterocycles. The topological polar surface area (TPSA) is 67.2 Å². The summed E-state index contributed by atoms with van der Waals surface area (Å²) in [5.41, 5.74) is 2.57. The van der Waals surface area contributed by atoms with Gasteiger partial charge >= 0.3 is 0 Å². The summed E-state index contributed by atoms with van der Waals surface area (Å²) in [6.07, 6.45) is 5.10. The van der Waals surface area contributed by atoms with Gasteiger partial charge in [-0.15, -0.1) is 0 Å². The first-order chi connectivity index (χ1) is 14.1. The van der Waals surface area contributed by atoms with Gasteiger partial charge in [-0.1, -0.05) is 27.7 Å². The van der Waals surface area contributed by atoms with Crippen molar-refractivity contribution in [1.82, 2.24) is 9.55 Å². The monoisotopic (exact) mass is 470 g/mol. The van der Waals surface area contributed by atoms with E-state index in [0.29, 0.717) is 12.1 Å². The van der Waals surface area contributed by atoms with Gasteiger partial charge < -0.3 is 10.2 Å². The maximum absolute atomic E-state index is 12.4. The Morgan fingerprint density at radius 1 is 1.10 bits per heavy atom. The fourth-order valence-electron chi connectivity index (χ4n) is 3.17. The van der Waals surface area contributed by atoms with Gasteiger partial charge in [0.2, 0.25) is 11.8 Å². The maximum Gasteiger partial charge on any atom is 0.234 e. The molecule has 29 heavy (non-hydrogen) atoms. The van der Waals surface area contributed by atoms with E-state index in [1.807, 2.05) is 59.3 Å². The molecule has 148 valence electrons. The number of carbonyl (C=O) groups is 2. The fourth-order valence-corrected chi connectivity index (χ4v) is 4.21. The Morgan fingerprint density at radius 2 is 1.83 bits per heavy atom. The van der Waals surface area contributed by atoms with Crippen molar-refractivity contribution in [2.24, 2.45) is 0 Å². The average Bonchev–Trinajstić information content (AvgIpc) is 3.36. The van der Waals surface area contributed by atoms with Crippen LogP contribution in [0.1, 0.15) is 12.8 Å². The SMILES string of the molecule is O=C(CSc1nccn1-c1ccc(Br)cc1)Nc1ccc(N2CCCC2=O)cc1. The van der Waals surface area contributed by atoms with E-state index < -0.39 is 0 Å². The molecular weight excluding hydrogens is 452 g/mol. The summed E-state index contributed by atoms with van der Waals surface area (Å²) in [4.78, 5) is 30.3. The van der Waals surface area contributed by atoms with Crippen molar-refractivity contribution in [1.29, 1.82) is 0 Å². The van der Waals surface area contributed by atoms with Gasteiger partial charge in [-0.3, -0.25) is 14.2 Å². The lowest BCUT2D eigenvalue weighted by Gasteiger charge is -2.16. The Labute approximate surface area is 181 Å². The molecule has 0 unspecified atom stereocenters. The van der Waals surface area contributed by atoms with Gasteiger partial charge in [-0.05, 0) is 55.0 Å². The maximum atomic E-state index is 12.4. The number of halogens is 1. The minimum absolute atomic E-state index is 0.106. The first-order valence-corrected chi connectivity index (χ1v) is 11.0. The van der Waals surface area contributed by atoms with Crippen LogP contribution in [-0.4, -0.2) is 33.7 Å². The van der Waals surface area contributed by atoms with Crippen LogP contribution in [-0.2, 0) is 9.59 Å². The highest BCUT2D eigenvalue weighted by molar-refractivity contribution is 9.10. The van der Waals surface area contributed by atoms with Crippen molar-refractivity contribution in [2.45, 2.75) is 18.0 Å². The van der Waals surface area contributed by atoms with E-state index in [4.69, 9.17) is 0 Å². The van der Waals surface area contributed by atoms with E-state index in [0.717, 1.165) is 34.0 Å². The Kier molecular flexibility index (Phi) is 6.01. The van der Waals surface area contributed by atoms with E-state index in [-0.39, 0.29) is 17.6 Å². The molecule has 0 saturated carbocycles. The predicted octanol–water partition coefficient (Wildman–Crippen LogP) is 4.49. The second kappa shape index (κ2) is 8.84. The Balaban J connectivity index is 1.34. The van der Waals surface area contributed by atoms with Crippen LogP contribution in [0.25, 0.3) is 5.69 Å². The average molecular weight is 471 g/mol. The summed E-state index contributed by atoms with van der Waals surface area (Å²) in [5, 5.41) is 3.65. The molecule has 0 aliphatic carbocycles. The van der Waals surface area contributed by atoms with Gasteiger partial charge in [-0.25, -0.2) is 4.98 Å². The van der Waals surface area contributed by atoms with Gasteiger partial charge in [0.05, 0.1) is 5.75 Å². The number of nitrogens with zero attached hydrogens (tertiary/aromatic N) is 3. The number of aromatic nitrogens is 2. The lowest BCUT2D eigenvalue weighted by Crippen LogP contribution is -2.23. The summed E-state index contributed by atoms with van der Waals surface area (Å²) < 4.78 is 2.96. The number of rotatable bonds is 6. The zero-order valence-corrected chi connectivity index (χ0v) is 17.9. The fraction of sp³-hybridized carbons (Fsp3) is 0.190. The summed E-state index contributed by atoms with van der Waals surface area (Å²) in [5.74, 6) is 0.296. The first kappa shape index (κ1) is 19.7. The highest BCUT2D eigenvalue weighted by Gasteiger charge is 2.21. The molecule has 1 aliphatic heterocycles. The van der Waals surface area contributed by atoms with Crippen LogP contribution < -0.4 is 10.2 Å². The molecule has 6 nitrogen and oxygen atoms in total. The Hall–Kier alpha value is -2.58. The smallest absolute Gasteiger partial charge is 0.234 e. The minimum Gasteiger partial charge on any atom is -0.325 e. The third-order valence-electron chi connectivity index (χ3n) is 4.58. The van der Waals surface area contributed by atoms with E-state index >= 15 is 0 Å². The standard InChI is InChI=1S/C21H19BrN4O2S/c22-15-3-7-18(8-4-15)26-13-11-23-21(26)29-14-19(27)24-16-5-9-17(10-6-16)25-12-1-2-20(25)28/h3-11,13H,1-2,12,14H2,(H,24,27). The highest BCUT2D eigenvalue weighted by atomic mass is 79.9. The third-order valence-corrected chi connectivity index (χ3v) is 6.08. The zero-order valence-electron chi connectivity index (χ0n) is 15.5. The number of anilines is 2. The van der Waals surface area contributed by atoms with Crippen LogP contribution in [0.5, 0.6) is 0 Å². The van der Waals surface area contributed by atoms with Crippen LogP contribution in [0.3, 0.4) is 0 Å². The van der Waals surface area contributed by atoms with Gasteiger partial charge in [0, 0.05) is 46.9 Å². The van der Waals surface area contributed by atoms with Crippen molar-refractivity contribution in [2.75, 3.05) is 22.5 Å². The van der Waals surface area contributed by atoms with Crippen LogP contribution >= 0.6 is 27.7 Å².